The van der Waals surface area contributed by atoms with Crippen LogP contribution in [0.1, 0.15) is 48.7 Å². The predicted octanol–water partition coefficient (Wildman–Crippen LogP) is 2.88. The molecular weight excluding hydrogens is 216 g/mol. The van der Waals surface area contributed by atoms with E-state index in [-0.39, 0.29) is 5.91 Å². The van der Waals surface area contributed by atoms with Crippen LogP contribution in [0.3, 0.4) is 0 Å². The molecule has 0 radical (unpaired) electrons. The van der Waals surface area contributed by atoms with E-state index in [0.717, 1.165) is 24.5 Å². The Morgan fingerprint density at radius 1 is 1.47 bits per heavy atom. The molecule has 0 atom stereocenters. The van der Waals surface area contributed by atoms with Gasteiger partial charge in [0.1, 0.15) is 5.76 Å². The lowest BCUT2D eigenvalue weighted by molar-refractivity contribution is 0.0953. The van der Waals surface area contributed by atoms with Crippen LogP contribution in [-0.4, -0.2) is 11.6 Å². The molecule has 1 N–H and O–H groups in total. The molecule has 1 aliphatic carbocycles. The fraction of sp³-hybridized carbons (Fsp3) is 0.538. The number of aryl methyl sites for hydroxylation is 1. The van der Waals surface area contributed by atoms with Crippen LogP contribution in [-0.2, 0) is 0 Å². The van der Waals surface area contributed by atoms with Crippen LogP contribution in [0.15, 0.2) is 21.8 Å². The van der Waals surface area contributed by atoms with Crippen molar-refractivity contribution in [3.8, 4) is 0 Å². The number of carbonyl (C=O) groups is 1. The van der Waals surface area contributed by atoms with Crippen LogP contribution < -0.4 is 5.43 Å². The highest BCUT2D eigenvalue weighted by Crippen LogP contribution is 2.21. The summed E-state index contributed by atoms with van der Waals surface area (Å²) in [7, 11) is 0. The minimum atomic E-state index is -0.192. The molecule has 17 heavy (non-hydrogen) atoms. The van der Waals surface area contributed by atoms with Gasteiger partial charge in [0, 0.05) is 5.71 Å². The number of amides is 1. The van der Waals surface area contributed by atoms with Crippen LogP contribution in [0.4, 0.5) is 0 Å². The van der Waals surface area contributed by atoms with Gasteiger partial charge in [0.2, 0.25) is 0 Å². The summed E-state index contributed by atoms with van der Waals surface area (Å²) in [5.74, 6) is 1.21. The zero-order valence-electron chi connectivity index (χ0n) is 10.3. The highest BCUT2D eigenvalue weighted by molar-refractivity contribution is 5.96. The Bertz CT molecular complexity index is 424. The molecule has 1 saturated carbocycles. The van der Waals surface area contributed by atoms with E-state index in [0.29, 0.717) is 11.3 Å². The molecular formula is C13H18N2O2. The van der Waals surface area contributed by atoms with Gasteiger partial charge in [-0.05, 0) is 44.6 Å². The van der Waals surface area contributed by atoms with Crippen molar-refractivity contribution in [1.82, 2.24) is 5.43 Å². The van der Waals surface area contributed by atoms with Crippen molar-refractivity contribution in [2.24, 2.45) is 11.0 Å². The molecule has 1 fully saturated rings. The molecule has 0 unspecified atom stereocenters. The number of hydrogen-bond acceptors (Lipinski definition) is 3. The lowest BCUT2D eigenvalue weighted by Crippen LogP contribution is -2.21. The Kier molecular flexibility index (Phi) is 3.61. The predicted molar refractivity (Wildman–Crippen MR) is 66.0 cm³/mol. The van der Waals surface area contributed by atoms with Gasteiger partial charge in [-0.15, -0.1) is 0 Å². The van der Waals surface area contributed by atoms with Gasteiger partial charge in [-0.2, -0.15) is 5.10 Å². The second kappa shape index (κ2) is 5.17. The summed E-state index contributed by atoms with van der Waals surface area (Å²) in [5.41, 5.74) is 4.25. The van der Waals surface area contributed by atoms with E-state index >= 15 is 0 Å². The van der Waals surface area contributed by atoms with Crippen LogP contribution in [0, 0.1) is 12.8 Å². The summed E-state index contributed by atoms with van der Waals surface area (Å²) < 4.78 is 5.08. The summed E-state index contributed by atoms with van der Waals surface area (Å²) in [6.07, 6.45) is 5.83. The Labute approximate surface area is 101 Å². The standard InChI is InChI=1S/C13H18N2O2/c1-9-3-5-11(6-4-9)14-15-13(16)12-7-8-17-10(12)2/h7-9H,3-6H2,1-2H3,(H,15,16). The molecule has 2 rings (SSSR count). The average Bonchev–Trinajstić information content (AvgIpc) is 2.74. The van der Waals surface area contributed by atoms with Gasteiger partial charge >= 0.3 is 0 Å². The van der Waals surface area contributed by atoms with Crippen molar-refractivity contribution in [3.63, 3.8) is 0 Å². The van der Waals surface area contributed by atoms with Crippen LogP contribution in [0.25, 0.3) is 0 Å². The topological polar surface area (TPSA) is 54.6 Å². The molecule has 1 amide bonds. The normalized spacial score (nSPS) is 20.1. The van der Waals surface area contributed by atoms with Gasteiger partial charge in [-0.1, -0.05) is 6.92 Å². The summed E-state index contributed by atoms with van der Waals surface area (Å²) in [6.45, 7) is 4.02. The largest absolute Gasteiger partial charge is 0.469 e. The Hall–Kier alpha value is -1.58. The Morgan fingerprint density at radius 3 is 2.76 bits per heavy atom. The molecule has 0 aromatic carbocycles. The van der Waals surface area contributed by atoms with Crippen molar-refractivity contribution in [2.45, 2.75) is 39.5 Å². The molecule has 0 spiro atoms. The van der Waals surface area contributed by atoms with Gasteiger partial charge in [0.05, 0.1) is 11.8 Å². The number of hydrazone groups is 1. The van der Waals surface area contributed by atoms with E-state index in [2.05, 4.69) is 17.5 Å². The quantitative estimate of drug-likeness (QED) is 0.800. The maximum atomic E-state index is 11.8. The van der Waals surface area contributed by atoms with E-state index in [1.54, 1.807) is 13.0 Å². The first kappa shape index (κ1) is 11.9. The van der Waals surface area contributed by atoms with Crippen molar-refractivity contribution >= 4 is 11.6 Å². The second-order valence-corrected chi connectivity index (χ2v) is 4.69. The second-order valence-electron chi connectivity index (χ2n) is 4.69. The molecule has 4 nitrogen and oxygen atoms in total. The lowest BCUT2D eigenvalue weighted by Gasteiger charge is -2.18. The fourth-order valence-electron chi connectivity index (χ4n) is 2.02. The Morgan fingerprint density at radius 2 is 2.18 bits per heavy atom. The zero-order chi connectivity index (χ0) is 12.3. The van der Waals surface area contributed by atoms with E-state index < -0.39 is 0 Å². The van der Waals surface area contributed by atoms with Crippen LogP contribution in [0.2, 0.25) is 0 Å². The number of nitrogens with one attached hydrogen (secondary N) is 1. The summed E-state index contributed by atoms with van der Waals surface area (Å²) in [6, 6.07) is 1.66. The van der Waals surface area contributed by atoms with Gasteiger partial charge in [-0.25, -0.2) is 5.43 Å². The van der Waals surface area contributed by atoms with E-state index in [9.17, 15) is 4.79 Å². The number of furan rings is 1. The van der Waals surface area contributed by atoms with Crippen molar-refractivity contribution < 1.29 is 9.21 Å². The number of rotatable bonds is 2. The molecule has 1 heterocycles. The molecule has 0 saturated heterocycles. The van der Waals surface area contributed by atoms with Crippen molar-refractivity contribution in [1.29, 1.82) is 0 Å². The number of nitrogens with zero attached hydrogens (tertiary/aromatic N) is 1. The first-order valence-corrected chi connectivity index (χ1v) is 6.06. The molecule has 92 valence electrons. The van der Waals surface area contributed by atoms with Gasteiger partial charge in [-0.3, -0.25) is 4.79 Å². The third kappa shape index (κ3) is 2.96. The molecule has 1 aliphatic rings. The highest BCUT2D eigenvalue weighted by Gasteiger charge is 2.15. The summed E-state index contributed by atoms with van der Waals surface area (Å²) in [5, 5.41) is 4.19. The van der Waals surface area contributed by atoms with E-state index in [1.807, 2.05) is 0 Å². The summed E-state index contributed by atoms with van der Waals surface area (Å²) >= 11 is 0. The molecule has 1 aromatic heterocycles. The van der Waals surface area contributed by atoms with E-state index in [1.165, 1.54) is 19.1 Å². The SMILES string of the molecule is Cc1occc1C(=O)NN=C1CCC(C)CC1. The van der Waals surface area contributed by atoms with Gasteiger partial charge < -0.3 is 4.42 Å². The maximum Gasteiger partial charge on any atom is 0.274 e. The average molecular weight is 234 g/mol. The molecule has 1 aromatic rings. The third-order valence-electron chi connectivity index (χ3n) is 3.27. The maximum absolute atomic E-state index is 11.8. The first-order valence-electron chi connectivity index (χ1n) is 6.06. The highest BCUT2D eigenvalue weighted by atomic mass is 16.3. The Balaban J connectivity index is 1.92. The number of hydrogen-bond donors (Lipinski definition) is 1. The molecule has 0 aliphatic heterocycles. The zero-order valence-corrected chi connectivity index (χ0v) is 10.3. The minimum Gasteiger partial charge on any atom is -0.469 e. The van der Waals surface area contributed by atoms with Gasteiger partial charge in [0.25, 0.3) is 5.91 Å². The van der Waals surface area contributed by atoms with Crippen LogP contribution >= 0.6 is 0 Å². The smallest absolute Gasteiger partial charge is 0.274 e. The minimum absolute atomic E-state index is 0.192. The first-order chi connectivity index (χ1) is 8.16. The third-order valence-corrected chi connectivity index (χ3v) is 3.27. The fourth-order valence-corrected chi connectivity index (χ4v) is 2.02. The lowest BCUT2D eigenvalue weighted by atomic mass is 9.90. The molecule has 4 heteroatoms. The monoisotopic (exact) mass is 234 g/mol. The molecule has 0 bridgehead atoms. The summed E-state index contributed by atoms with van der Waals surface area (Å²) in [4.78, 5) is 11.8. The van der Waals surface area contributed by atoms with E-state index in [4.69, 9.17) is 4.42 Å². The van der Waals surface area contributed by atoms with Crippen molar-refractivity contribution in [3.05, 3.63) is 23.7 Å². The van der Waals surface area contributed by atoms with Crippen molar-refractivity contribution in [2.75, 3.05) is 0 Å². The van der Waals surface area contributed by atoms with Gasteiger partial charge in [0.15, 0.2) is 0 Å². The van der Waals surface area contributed by atoms with Crippen LogP contribution in [0.5, 0.6) is 0 Å². The number of carbonyl (C=O) groups excluding carboxylic acids is 1.